The molecular formula is C15H22ClNO. The first kappa shape index (κ1) is 13.7. The van der Waals surface area contributed by atoms with E-state index in [-0.39, 0.29) is 6.04 Å². The summed E-state index contributed by atoms with van der Waals surface area (Å²) in [6.07, 6.45) is 3.74. The van der Waals surface area contributed by atoms with Crippen LogP contribution in [0.2, 0.25) is 5.02 Å². The molecule has 1 aromatic rings. The Balaban J connectivity index is 2.26. The molecule has 1 aromatic carbocycles. The molecule has 0 heterocycles. The Morgan fingerprint density at radius 2 is 2.17 bits per heavy atom. The summed E-state index contributed by atoms with van der Waals surface area (Å²) in [5.41, 5.74) is 7.90. The van der Waals surface area contributed by atoms with E-state index in [2.05, 4.69) is 13.8 Å². The van der Waals surface area contributed by atoms with E-state index in [0.717, 1.165) is 5.56 Å². The second-order valence-corrected chi connectivity index (χ2v) is 6.31. The molecule has 1 fully saturated rings. The lowest BCUT2D eigenvalue weighted by molar-refractivity contribution is 0.222. The molecule has 3 heteroatoms. The normalized spacial score (nSPS) is 23.9. The summed E-state index contributed by atoms with van der Waals surface area (Å²) < 4.78 is 5.26. The fourth-order valence-corrected chi connectivity index (χ4v) is 3.33. The molecule has 2 atom stereocenters. The number of nitrogens with two attached hydrogens (primary N) is 1. The molecule has 0 aromatic heterocycles. The van der Waals surface area contributed by atoms with Crippen LogP contribution in [0.4, 0.5) is 0 Å². The summed E-state index contributed by atoms with van der Waals surface area (Å²) in [7, 11) is 1.63. The molecule has 0 spiro atoms. The van der Waals surface area contributed by atoms with Crippen molar-refractivity contribution in [1.82, 2.24) is 0 Å². The van der Waals surface area contributed by atoms with Crippen LogP contribution in [0.25, 0.3) is 0 Å². The highest BCUT2D eigenvalue weighted by atomic mass is 35.5. The summed E-state index contributed by atoms with van der Waals surface area (Å²) >= 11 is 6.05. The van der Waals surface area contributed by atoms with Gasteiger partial charge < -0.3 is 10.5 Å². The van der Waals surface area contributed by atoms with Gasteiger partial charge in [-0.2, -0.15) is 0 Å². The van der Waals surface area contributed by atoms with Gasteiger partial charge in [0.05, 0.1) is 12.1 Å². The fraction of sp³-hybridized carbons (Fsp3) is 0.600. The SMILES string of the molecule is COc1cc(C(N)C2CCCC2(C)C)ccc1Cl. The number of benzene rings is 1. The van der Waals surface area contributed by atoms with Gasteiger partial charge in [0.25, 0.3) is 0 Å². The molecule has 0 bridgehead atoms. The molecular weight excluding hydrogens is 246 g/mol. The largest absolute Gasteiger partial charge is 0.495 e. The van der Waals surface area contributed by atoms with Crippen LogP contribution in [0.1, 0.15) is 44.7 Å². The monoisotopic (exact) mass is 267 g/mol. The van der Waals surface area contributed by atoms with E-state index in [0.29, 0.717) is 22.1 Å². The van der Waals surface area contributed by atoms with Gasteiger partial charge in [-0.05, 0) is 41.9 Å². The van der Waals surface area contributed by atoms with Crippen molar-refractivity contribution in [3.63, 3.8) is 0 Å². The van der Waals surface area contributed by atoms with Crippen LogP contribution in [0, 0.1) is 11.3 Å². The maximum atomic E-state index is 6.45. The Morgan fingerprint density at radius 1 is 1.44 bits per heavy atom. The molecule has 0 saturated heterocycles. The third kappa shape index (κ3) is 2.50. The average molecular weight is 268 g/mol. The minimum atomic E-state index is 0.0636. The molecule has 100 valence electrons. The molecule has 1 aliphatic carbocycles. The Labute approximate surface area is 114 Å². The predicted molar refractivity (Wildman–Crippen MR) is 76.1 cm³/mol. The van der Waals surface area contributed by atoms with Crippen LogP contribution in [0.5, 0.6) is 5.75 Å². The minimum Gasteiger partial charge on any atom is -0.495 e. The predicted octanol–water partition coefficient (Wildman–Crippen LogP) is 4.17. The van der Waals surface area contributed by atoms with Crippen molar-refractivity contribution < 1.29 is 4.74 Å². The molecule has 0 aliphatic heterocycles. The standard InChI is InChI=1S/C15H22ClNO/c1-15(2)8-4-5-11(15)14(17)10-6-7-12(16)13(9-10)18-3/h6-7,9,11,14H,4-5,8,17H2,1-3H3. The van der Waals surface area contributed by atoms with E-state index >= 15 is 0 Å². The van der Waals surface area contributed by atoms with E-state index in [1.165, 1.54) is 19.3 Å². The third-order valence-corrected chi connectivity index (χ3v) is 4.65. The van der Waals surface area contributed by atoms with Gasteiger partial charge in [0.15, 0.2) is 0 Å². The number of hydrogen-bond acceptors (Lipinski definition) is 2. The van der Waals surface area contributed by atoms with Gasteiger partial charge in [-0.1, -0.05) is 37.9 Å². The first-order chi connectivity index (χ1) is 8.45. The van der Waals surface area contributed by atoms with Gasteiger partial charge in [-0.15, -0.1) is 0 Å². The van der Waals surface area contributed by atoms with E-state index < -0.39 is 0 Å². The molecule has 0 amide bonds. The molecule has 1 aliphatic rings. The van der Waals surface area contributed by atoms with Crippen LogP contribution in [0.3, 0.4) is 0 Å². The van der Waals surface area contributed by atoms with Crippen LogP contribution in [0.15, 0.2) is 18.2 Å². The Morgan fingerprint density at radius 3 is 2.72 bits per heavy atom. The lowest BCUT2D eigenvalue weighted by Crippen LogP contribution is -2.29. The quantitative estimate of drug-likeness (QED) is 0.892. The second kappa shape index (κ2) is 5.10. The summed E-state index contributed by atoms with van der Waals surface area (Å²) in [5.74, 6) is 1.24. The zero-order valence-electron chi connectivity index (χ0n) is 11.4. The second-order valence-electron chi connectivity index (χ2n) is 5.91. The maximum Gasteiger partial charge on any atom is 0.137 e. The van der Waals surface area contributed by atoms with Gasteiger partial charge in [-0.3, -0.25) is 0 Å². The number of rotatable bonds is 3. The Bertz CT molecular complexity index is 431. The van der Waals surface area contributed by atoms with Crippen molar-refractivity contribution >= 4 is 11.6 Å². The van der Waals surface area contributed by atoms with Crippen LogP contribution in [-0.2, 0) is 0 Å². The van der Waals surface area contributed by atoms with Crippen LogP contribution in [-0.4, -0.2) is 7.11 Å². The first-order valence-electron chi connectivity index (χ1n) is 6.55. The van der Waals surface area contributed by atoms with E-state index in [9.17, 15) is 0 Å². The molecule has 18 heavy (non-hydrogen) atoms. The van der Waals surface area contributed by atoms with Gasteiger partial charge in [0.2, 0.25) is 0 Å². The van der Waals surface area contributed by atoms with Crippen molar-refractivity contribution in [2.24, 2.45) is 17.1 Å². The number of halogens is 1. The molecule has 1 saturated carbocycles. The summed E-state index contributed by atoms with van der Waals surface area (Å²) in [5, 5.41) is 0.638. The summed E-state index contributed by atoms with van der Waals surface area (Å²) in [6, 6.07) is 5.93. The number of ether oxygens (including phenoxy) is 1. The highest BCUT2D eigenvalue weighted by Gasteiger charge is 2.38. The Kier molecular flexibility index (Phi) is 3.88. The third-order valence-electron chi connectivity index (χ3n) is 4.33. The smallest absolute Gasteiger partial charge is 0.137 e. The van der Waals surface area contributed by atoms with Crippen molar-refractivity contribution in [3.05, 3.63) is 28.8 Å². The topological polar surface area (TPSA) is 35.2 Å². The van der Waals surface area contributed by atoms with Gasteiger partial charge >= 0.3 is 0 Å². The van der Waals surface area contributed by atoms with Crippen molar-refractivity contribution in [2.75, 3.05) is 7.11 Å². The minimum absolute atomic E-state index is 0.0636. The molecule has 2 unspecified atom stereocenters. The lowest BCUT2D eigenvalue weighted by atomic mass is 9.76. The summed E-state index contributed by atoms with van der Waals surface area (Å²) in [4.78, 5) is 0. The summed E-state index contributed by atoms with van der Waals surface area (Å²) in [6.45, 7) is 4.63. The van der Waals surface area contributed by atoms with E-state index in [4.69, 9.17) is 22.1 Å². The van der Waals surface area contributed by atoms with Crippen LogP contribution >= 0.6 is 11.6 Å². The lowest BCUT2D eigenvalue weighted by Gasteiger charge is -2.32. The van der Waals surface area contributed by atoms with E-state index in [1.54, 1.807) is 7.11 Å². The first-order valence-corrected chi connectivity index (χ1v) is 6.92. The van der Waals surface area contributed by atoms with Gasteiger partial charge in [0, 0.05) is 6.04 Å². The molecule has 2 rings (SSSR count). The molecule has 2 N–H and O–H groups in total. The van der Waals surface area contributed by atoms with Crippen LogP contribution < -0.4 is 10.5 Å². The highest BCUT2D eigenvalue weighted by molar-refractivity contribution is 6.32. The van der Waals surface area contributed by atoms with E-state index in [1.807, 2.05) is 18.2 Å². The van der Waals surface area contributed by atoms with Gasteiger partial charge in [-0.25, -0.2) is 0 Å². The fourth-order valence-electron chi connectivity index (χ4n) is 3.14. The van der Waals surface area contributed by atoms with Crippen molar-refractivity contribution in [1.29, 1.82) is 0 Å². The zero-order valence-corrected chi connectivity index (χ0v) is 12.1. The number of hydrogen-bond donors (Lipinski definition) is 1. The molecule has 0 radical (unpaired) electrons. The zero-order chi connectivity index (χ0) is 13.3. The highest BCUT2D eigenvalue weighted by Crippen LogP contribution is 2.48. The number of methoxy groups -OCH3 is 1. The average Bonchev–Trinajstić information content (AvgIpc) is 2.68. The maximum absolute atomic E-state index is 6.45. The van der Waals surface area contributed by atoms with Crippen molar-refractivity contribution in [2.45, 2.75) is 39.2 Å². The molecule has 2 nitrogen and oxygen atoms in total. The Hall–Kier alpha value is -0.730. The van der Waals surface area contributed by atoms with Crippen molar-refractivity contribution in [3.8, 4) is 5.75 Å². The van der Waals surface area contributed by atoms with Gasteiger partial charge in [0.1, 0.15) is 5.75 Å².